The number of carbonyl (C=O) groups is 2. The second kappa shape index (κ2) is 5.00. The topological polar surface area (TPSA) is 60.5 Å². The first-order valence-corrected chi connectivity index (χ1v) is 8.53. The average Bonchev–Trinajstić information content (AvgIpc) is 2.82. The second-order valence-electron chi connectivity index (χ2n) is 6.86. The number of amides is 2. The Balaban J connectivity index is 2.22. The normalized spacial score (nSPS) is 23.0. The van der Waals surface area contributed by atoms with E-state index in [9.17, 15) is 14.8 Å². The summed E-state index contributed by atoms with van der Waals surface area (Å²) in [5.74, 6) is -0.726. The smallest absolute Gasteiger partial charge is 0.265 e. The lowest BCUT2D eigenvalue weighted by Gasteiger charge is -2.35. The van der Waals surface area contributed by atoms with Crippen LogP contribution in [0.15, 0.2) is 35.5 Å². The Hall–Kier alpha value is -1.50. The number of halogens is 1. The fourth-order valence-corrected chi connectivity index (χ4v) is 4.56. The molecular weight excluding hydrogens is 360 g/mol. The Morgan fingerprint density at radius 1 is 0.957 bits per heavy atom. The van der Waals surface area contributed by atoms with Crippen LogP contribution in [0.5, 0.6) is 0 Å². The first kappa shape index (κ1) is 16.4. The van der Waals surface area contributed by atoms with Crippen LogP contribution in [-0.4, -0.2) is 38.2 Å². The van der Waals surface area contributed by atoms with Crippen molar-refractivity contribution in [1.29, 1.82) is 0 Å². The maximum absolute atomic E-state index is 12.8. The van der Waals surface area contributed by atoms with E-state index in [1.165, 1.54) is 4.90 Å². The highest BCUT2D eigenvalue weighted by molar-refractivity contribution is 9.09. The molecule has 0 saturated carbocycles. The molecule has 0 aliphatic carbocycles. The number of nitrogens with zero attached hydrogens (tertiary/aromatic N) is 2. The molecule has 5 nitrogen and oxygen atoms in total. The van der Waals surface area contributed by atoms with Crippen LogP contribution in [0.2, 0.25) is 0 Å². The Morgan fingerprint density at radius 3 is 1.87 bits per heavy atom. The summed E-state index contributed by atoms with van der Waals surface area (Å²) >= 11 is 3.42. The molecule has 0 aromatic heterocycles. The van der Waals surface area contributed by atoms with Crippen LogP contribution in [0.4, 0.5) is 0 Å². The zero-order chi connectivity index (χ0) is 17.2. The van der Waals surface area contributed by atoms with Crippen molar-refractivity contribution in [3.63, 3.8) is 0 Å². The van der Waals surface area contributed by atoms with E-state index in [0.29, 0.717) is 22.2 Å². The van der Waals surface area contributed by atoms with Crippen molar-refractivity contribution < 1.29 is 14.8 Å². The van der Waals surface area contributed by atoms with Gasteiger partial charge >= 0.3 is 0 Å². The maximum atomic E-state index is 12.8. The van der Waals surface area contributed by atoms with E-state index < -0.39 is 11.1 Å². The van der Waals surface area contributed by atoms with Gasteiger partial charge in [0.15, 0.2) is 0 Å². The molecule has 0 spiro atoms. The zero-order valence-electron chi connectivity index (χ0n) is 13.5. The lowest BCUT2D eigenvalue weighted by atomic mass is 9.95. The number of benzene rings is 1. The maximum Gasteiger partial charge on any atom is 0.265 e. The summed E-state index contributed by atoms with van der Waals surface area (Å²) in [6.07, 6.45) is 0. The molecule has 3 rings (SSSR count). The highest BCUT2D eigenvalue weighted by Gasteiger charge is 2.56. The Bertz CT molecular complexity index is 717. The van der Waals surface area contributed by atoms with E-state index in [-0.39, 0.29) is 11.8 Å². The van der Waals surface area contributed by atoms with Crippen LogP contribution in [0, 0.1) is 0 Å². The third kappa shape index (κ3) is 1.98. The van der Waals surface area contributed by atoms with Crippen molar-refractivity contribution >= 4 is 27.7 Å². The summed E-state index contributed by atoms with van der Waals surface area (Å²) in [5, 5.41) is 14.2. The van der Waals surface area contributed by atoms with Gasteiger partial charge in [0.05, 0.1) is 27.9 Å². The van der Waals surface area contributed by atoms with E-state index >= 15 is 0 Å². The van der Waals surface area contributed by atoms with Crippen molar-refractivity contribution in [2.45, 2.75) is 38.8 Å². The molecule has 0 atom stereocenters. The number of imide groups is 1. The quantitative estimate of drug-likeness (QED) is 0.587. The van der Waals surface area contributed by atoms with Crippen LogP contribution >= 0.6 is 15.9 Å². The van der Waals surface area contributed by atoms with E-state index in [1.54, 1.807) is 38.1 Å². The Kier molecular flexibility index (Phi) is 3.55. The van der Waals surface area contributed by atoms with E-state index in [4.69, 9.17) is 0 Å². The summed E-state index contributed by atoms with van der Waals surface area (Å²) in [5.41, 5.74) is 0.249. The van der Waals surface area contributed by atoms with Gasteiger partial charge in [-0.25, -0.2) is 4.90 Å². The molecule has 2 amide bonds. The van der Waals surface area contributed by atoms with Crippen molar-refractivity contribution in [1.82, 2.24) is 9.96 Å². The summed E-state index contributed by atoms with van der Waals surface area (Å²) in [7, 11) is 0. The van der Waals surface area contributed by atoms with Crippen molar-refractivity contribution in [3.8, 4) is 0 Å². The van der Waals surface area contributed by atoms with Gasteiger partial charge in [-0.15, -0.1) is 10.3 Å². The van der Waals surface area contributed by atoms with Crippen LogP contribution in [0.3, 0.4) is 0 Å². The number of fused-ring (bicyclic) bond motifs is 1. The summed E-state index contributed by atoms with van der Waals surface area (Å²) in [4.78, 5) is 26.8. The van der Waals surface area contributed by atoms with Gasteiger partial charge in [0.1, 0.15) is 0 Å². The minimum atomic E-state index is -0.972. The molecule has 0 saturated heterocycles. The largest absolute Gasteiger partial charge is 0.268 e. The van der Waals surface area contributed by atoms with Crippen LogP contribution in [-0.2, 0) is 5.21 Å². The summed E-state index contributed by atoms with van der Waals surface area (Å²) < 4.78 is 0. The van der Waals surface area contributed by atoms with Crippen molar-refractivity contribution in [2.24, 2.45) is 0 Å². The fourth-order valence-electron chi connectivity index (χ4n) is 3.60. The van der Waals surface area contributed by atoms with Crippen LogP contribution < -0.4 is 0 Å². The van der Waals surface area contributed by atoms with Crippen LogP contribution in [0.25, 0.3) is 0 Å². The number of hydrogen-bond donors (Lipinski definition) is 0. The Labute approximate surface area is 143 Å². The van der Waals surface area contributed by atoms with Gasteiger partial charge in [-0.3, -0.25) is 9.59 Å². The lowest BCUT2D eigenvalue weighted by Crippen LogP contribution is -2.50. The van der Waals surface area contributed by atoms with Gasteiger partial charge in [0, 0.05) is 5.33 Å². The third-order valence-corrected chi connectivity index (χ3v) is 5.33. The van der Waals surface area contributed by atoms with E-state index in [2.05, 4.69) is 15.9 Å². The molecule has 0 bridgehead atoms. The minimum Gasteiger partial charge on any atom is -0.268 e. The first-order chi connectivity index (χ1) is 10.7. The molecule has 2 aliphatic heterocycles. The zero-order valence-corrected chi connectivity index (χ0v) is 15.1. The molecular formula is C17H18BrN2O3. The van der Waals surface area contributed by atoms with Gasteiger partial charge in [-0.1, -0.05) is 28.1 Å². The molecule has 0 N–H and O–H groups in total. The molecule has 0 unspecified atom stereocenters. The number of rotatable bonds is 2. The first-order valence-electron chi connectivity index (χ1n) is 7.41. The molecule has 1 aromatic carbocycles. The fraction of sp³-hybridized carbons (Fsp3) is 0.412. The molecule has 121 valence electrons. The summed E-state index contributed by atoms with van der Waals surface area (Å²) in [6, 6.07) is 6.76. The third-order valence-electron chi connectivity index (χ3n) is 4.77. The predicted molar refractivity (Wildman–Crippen MR) is 88.4 cm³/mol. The van der Waals surface area contributed by atoms with Gasteiger partial charge in [-0.05, 0) is 45.4 Å². The van der Waals surface area contributed by atoms with Gasteiger partial charge in [0.25, 0.3) is 11.8 Å². The predicted octanol–water partition coefficient (Wildman–Crippen LogP) is 3.15. The van der Waals surface area contributed by atoms with E-state index in [1.807, 2.05) is 13.8 Å². The summed E-state index contributed by atoms with van der Waals surface area (Å²) in [6.45, 7) is 7.11. The standard InChI is InChI=1S/C17H18BrN2O3/c1-16(2)12(9-18)13(17(3,4)20(16)23)19-14(21)10-7-5-6-8-11(10)15(19)22/h5-8H,9H2,1-4H3. The van der Waals surface area contributed by atoms with Gasteiger partial charge in [-0.2, -0.15) is 0 Å². The lowest BCUT2D eigenvalue weighted by molar-refractivity contribution is -0.241. The van der Waals surface area contributed by atoms with E-state index in [0.717, 1.165) is 10.6 Å². The van der Waals surface area contributed by atoms with Gasteiger partial charge in [0.2, 0.25) is 0 Å². The van der Waals surface area contributed by atoms with Crippen molar-refractivity contribution in [2.75, 3.05) is 5.33 Å². The minimum absolute atomic E-state index is 0.363. The average molecular weight is 378 g/mol. The number of carbonyl (C=O) groups excluding carboxylic acids is 2. The molecule has 2 heterocycles. The number of hydroxylamine groups is 2. The Morgan fingerprint density at radius 2 is 1.43 bits per heavy atom. The van der Waals surface area contributed by atoms with Crippen molar-refractivity contribution in [3.05, 3.63) is 46.7 Å². The molecule has 1 aromatic rings. The highest BCUT2D eigenvalue weighted by Crippen LogP contribution is 2.47. The number of alkyl halides is 1. The van der Waals surface area contributed by atoms with Crippen LogP contribution in [0.1, 0.15) is 48.4 Å². The second-order valence-corrected chi connectivity index (χ2v) is 7.43. The SMILES string of the molecule is CC1(C)C(CBr)=C(N2C(=O)c3ccccc3C2=O)C(C)(C)N1[O]. The molecule has 2 aliphatic rings. The molecule has 1 radical (unpaired) electrons. The molecule has 6 heteroatoms. The molecule has 23 heavy (non-hydrogen) atoms. The molecule has 0 fully saturated rings. The number of hydrogen-bond acceptors (Lipinski definition) is 3. The van der Waals surface area contributed by atoms with Gasteiger partial charge < -0.3 is 0 Å². The monoisotopic (exact) mass is 377 g/mol. The highest BCUT2D eigenvalue weighted by atomic mass is 79.9.